The Morgan fingerprint density at radius 3 is 2.07 bits per heavy atom. The number of rotatable bonds is 9. The quantitative estimate of drug-likeness (QED) is 0.503. The van der Waals surface area contributed by atoms with Crippen LogP contribution in [0.4, 0.5) is 4.39 Å². The number of nitrogens with one attached hydrogen (secondary N) is 1. The van der Waals surface area contributed by atoms with E-state index < -0.39 is 35.6 Å². The molecular weight excluding hydrogens is 389 g/mol. The molecule has 0 aromatic heterocycles. The van der Waals surface area contributed by atoms with Gasteiger partial charge in [-0.3, -0.25) is 4.79 Å². The number of halogens is 1. The molecule has 0 bridgehead atoms. The predicted molar refractivity (Wildman–Crippen MR) is 109 cm³/mol. The number of ether oxygens (including phenoxy) is 2. The van der Waals surface area contributed by atoms with Crippen LogP contribution >= 0.6 is 0 Å². The summed E-state index contributed by atoms with van der Waals surface area (Å²) in [6.45, 7) is 4.27. The van der Waals surface area contributed by atoms with E-state index in [1.807, 2.05) is 30.3 Å². The van der Waals surface area contributed by atoms with Crippen LogP contribution in [0.2, 0.25) is 0 Å². The maximum absolute atomic E-state index is 14.7. The Morgan fingerprint density at radius 2 is 1.53 bits per heavy atom. The van der Waals surface area contributed by atoms with Gasteiger partial charge in [0.15, 0.2) is 0 Å². The summed E-state index contributed by atoms with van der Waals surface area (Å²) in [5, 5.41) is 2.35. The lowest BCUT2D eigenvalue weighted by molar-refractivity contribution is -0.168. The molecule has 0 fully saturated rings. The van der Waals surface area contributed by atoms with Crippen molar-refractivity contribution in [3.05, 3.63) is 71.0 Å². The first-order valence-electron chi connectivity index (χ1n) is 9.76. The van der Waals surface area contributed by atoms with Crippen molar-refractivity contribution < 1.29 is 28.2 Å². The largest absolute Gasteiger partial charge is 0.464 e. The van der Waals surface area contributed by atoms with Crippen molar-refractivity contribution in [2.24, 2.45) is 0 Å². The van der Waals surface area contributed by atoms with Gasteiger partial charge in [0.1, 0.15) is 5.82 Å². The van der Waals surface area contributed by atoms with E-state index in [1.165, 1.54) is 6.07 Å². The summed E-state index contributed by atoms with van der Waals surface area (Å²) in [5.74, 6) is -3.23. The molecule has 2 aromatic rings. The van der Waals surface area contributed by atoms with E-state index in [-0.39, 0.29) is 18.8 Å². The molecule has 0 radical (unpaired) electrons. The van der Waals surface area contributed by atoms with Crippen molar-refractivity contribution in [1.29, 1.82) is 0 Å². The van der Waals surface area contributed by atoms with Gasteiger partial charge in [0.2, 0.25) is 11.4 Å². The van der Waals surface area contributed by atoms with Crippen molar-refractivity contribution >= 4 is 17.8 Å². The Bertz CT molecular complexity index is 880. The summed E-state index contributed by atoms with van der Waals surface area (Å²) in [5.41, 5.74) is -0.261. The summed E-state index contributed by atoms with van der Waals surface area (Å²) >= 11 is 0. The summed E-state index contributed by atoms with van der Waals surface area (Å²) in [6, 6.07) is 14.1. The fourth-order valence-corrected chi connectivity index (χ4v) is 3.17. The number of hydrogen-bond donors (Lipinski definition) is 1. The van der Waals surface area contributed by atoms with Crippen LogP contribution in [0.15, 0.2) is 48.5 Å². The zero-order valence-electron chi connectivity index (χ0n) is 17.4. The number of esters is 2. The second-order valence-corrected chi connectivity index (χ2v) is 6.79. The SMILES string of the molecule is CCOC(=O)C(Cc1cc(Cc2ccccc2)ccc1F)(NC(C)=O)C(=O)OCC. The molecule has 0 heterocycles. The molecule has 2 aromatic carbocycles. The van der Waals surface area contributed by atoms with Crippen molar-refractivity contribution in [2.75, 3.05) is 13.2 Å². The third-order valence-electron chi connectivity index (χ3n) is 4.45. The predicted octanol–water partition coefficient (Wildman–Crippen LogP) is 2.96. The number of amides is 1. The first-order valence-corrected chi connectivity index (χ1v) is 9.76. The topological polar surface area (TPSA) is 81.7 Å². The average molecular weight is 415 g/mol. The van der Waals surface area contributed by atoms with Crippen molar-refractivity contribution in [3.63, 3.8) is 0 Å². The Kier molecular flexibility index (Phi) is 8.09. The molecule has 0 saturated heterocycles. The second-order valence-electron chi connectivity index (χ2n) is 6.79. The Balaban J connectivity index is 2.46. The molecule has 0 atom stereocenters. The van der Waals surface area contributed by atoms with Gasteiger partial charge < -0.3 is 14.8 Å². The highest BCUT2D eigenvalue weighted by atomic mass is 19.1. The van der Waals surface area contributed by atoms with Gasteiger partial charge in [0, 0.05) is 13.3 Å². The first-order chi connectivity index (χ1) is 14.3. The Morgan fingerprint density at radius 1 is 0.933 bits per heavy atom. The zero-order valence-corrected chi connectivity index (χ0v) is 17.4. The molecule has 7 heteroatoms. The molecule has 0 spiro atoms. The first kappa shape index (κ1) is 23.1. The molecule has 160 valence electrons. The van der Waals surface area contributed by atoms with Crippen LogP contribution in [0, 0.1) is 5.82 Å². The smallest absolute Gasteiger partial charge is 0.344 e. The van der Waals surface area contributed by atoms with Gasteiger partial charge in [0.05, 0.1) is 13.2 Å². The molecule has 0 unspecified atom stereocenters. The van der Waals surface area contributed by atoms with Crippen LogP contribution in [0.3, 0.4) is 0 Å². The van der Waals surface area contributed by atoms with E-state index in [1.54, 1.807) is 26.0 Å². The van der Waals surface area contributed by atoms with Gasteiger partial charge in [0.25, 0.3) is 0 Å². The van der Waals surface area contributed by atoms with E-state index in [0.29, 0.717) is 6.42 Å². The van der Waals surface area contributed by atoms with Crippen LogP contribution < -0.4 is 5.32 Å². The molecule has 6 nitrogen and oxygen atoms in total. The van der Waals surface area contributed by atoms with Gasteiger partial charge in [-0.1, -0.05) is 42.5 Å². The molecule has 0 aliphatic carbocycles. The van der Waals surface area contributed by atoms with Crippen LogP contribution in [-0.2, 0) is 36.7 Å². The molecule has 2 rings (SSSR count). The number of benzene rings is 2. The second kappa shape index (κ2) is 10.5. The van der Waals surface area contributed by atoms with Gasteiger partial charge in [-0.2, -0.15) is 0 Å². The summed E-state index contributed by atoms with van der Waals surface area (Å²) in [4.78, 5) is 37.3. The standard InChI is InChI=1S/C23H26FNO5/c1-4-29-21(27)23(25-16(3)26,22(28)30-5-2)15-19-14-18(11-12-20(19)24)13-17-9-7-6-8-10-17/h6-12,14H,4-5,13,15H2,1-3H3,(H,25,26). The average Bonchev–Trinajstić information content (AvgIpc) is 2.70. The van der Waals surface area contributed by atoms with Gasteiger partial charge >= 0.3 is 11.9 Å². The third-order valence-corrected chi connectivity index (χ3v) is 4.45. The van der Waals surface area contributed by atoms with E-state index in [2.05, 4.69) is 5.32 Å². The van der Waals surface area contributed by atoms with Crippen molar-refractivity contribution in [3.8, 4) is 0 Å². The maximum Gasteiger partial charge on any atom is 0.344 e. The highest BCUT2D eigenvalue weighted by Gasteiger charge is 2.50. The highest BCUT2D eigenvalue weighted by Crippen LogP contribution is 2.23. The van der Waals surface area contributed by atoms with Crippen molar-refractivity contribution in [2.45, 2.75) is 39.2 Å². The van der Waals surface area contributed by atoms with Gasteiger partial charge in [-0.25, -0.2) is 14.0 Å². The molecule has 30 heavy (non-hydrogen) atoms. The van der Waals surface area contributed by atoms with Crippen LogP contribution in [-0.4, -0.2) is 36.6 Å². The van der Waals surface area contributed by atoms with Crippen LogP contribution in [0.25, 0.3) is 0 Å². The summed E-state index contributed by atoms with van der Waals surface area (Å²) in [7, 11) is 0. The molecule has 0 saturated carbocycles. The third kappa shape index (κ3) is 5.65. The molecule has 0 aliphatic rings. The van der Waals surface area contributed by atoms with Crippen LogP contribution in [0.1, 0.15) is 37.5 Å². The van der Waals surface area contributed by atoms with E-state index in [9.17, 15) is 18.8 Å². The lowest BCUT2D eigenvalue weighted by Gasteiger charge is -2.30. The molecular formula is C23H26FNO5. The minimum absolute atomic E-state index is 0.0178. The Labute approximate surface area is 175 Å². The number of hydrogen-bond acceptors (Lipinski definition) is 5. The highest BCUT2D eigenvalue weighted by molar-refractivity contribution is 6.08. The minimum atomic E-state index is -2.18. The molecule has 0 aliphatic heterocycles. The molecule has 1 amide bonds. The monoisotopic (exact) mass is 415 g/mol. The zero-order chi connectivity index (χ0) is 22.1. The van der Waals surface area contributed by atoms with E-state index in [0.717, 1.165) is 18.1 Å². The molecule has 1 N–H and O–H groups in total. The van der Waals surface area contributed by atoms with E-state index in [4.69, 9.17) is 9.47 Å². The number of carbonyl (C=O) groups is 3. The lowest BCUT2D eigenvalue weighted by Crippen LogP contribution is -2.62. The summed E-state index contributed by atoms with van der Waals surface area (Å²) in [6.07, 6.45) is 0.110. The van der Waals surface area contributed by atoms with Crippen molar-refractivity contribution in [1.82, 2.24) is 5.32 Å². The van der Waals surface area contributed by atoms with E-state index >= 15 is 0 Å². The lowest BCUT2D eigenvalue weighted by atomic mass is 9.88. The normalized spacial score (nSPS) is 10.9. The fourth-order valence-electron chi connectivity index (χ4n) is 3.17. The maximum atomic E-state index is 14.7. The number of carbonyl (C=O) groups excluding carboxylic acids is 3. The minimum Gasteiger partial charge on any atom is -0.464 e. The summed E-state index contributed by atoms with van der Waals surface area (Å²) < 4.78 is 24.7. The fraction of sp³-hybridized carbons (Fsp3) is 0.348. The van der Waals surface area contributed by atoms with Crippen LogP contribution in [0.5, 0.6) is 0 Å². The Hall–Kier alpha value is -3.22. The van der Waals surface area contributed by atoms with Gasteiger partial charge in [-0.15, -0.1) is 0 Å². The van der Waals surface area contributed by atoms with Gasteiger partial charge in [-0.05, 0) is 43.0 Å².